The molecule has 8 heteroatoms. The summed E-state index contributed by atoms with van der Waals surface area (Å²) in [5.74, 6) is 1.50. The number of hydrogen-bond donors (Lipinski definition) is 2. The molecular formula is C22H41IN4O3. The zero-order valence-electron chi connectivity index (χ0n) is 18.6. The summed E-state index contributed by atoms with van der Waals surface area (Å²) in [6.07, 6.45) is 10.1. The van der Waals surface area contributed by atoms with E-state index in [1.54, 1.807) is 0 Å². The number of amides is 1. The molecule has 2 aliphatic heterocycles. The van der Waals surface area contributed by atoms with Crippen LogP contribution in [0.3, 0.4) is 0 Å². The van der Waals surface area contributed by atoms with Crippen molar-refractivity contribution in [3.63, 3.8) is 0 Å². The lowest BCUT2D eigenvalue weighted by atomic mass is 9.88. The van der Waals surface area contributed by atoms with Crippen molar-refractivity contribution in [1.82, 2.24) is 15.5 Å². The Bertz CT molecular complexity index is 523. The number of nitrogens with zero attached hydrogens (tertiary/aromatic N) is 2. The van der Waals surface area contributed by atoms with Crippen molar-refractivity contribution >= 4 is 35.8 Å². The van der Waals surface area contributed by atoms with Crippen LogP contribution in [0.25, 0.3) is 0 Å². The molecule has 0 aromatic rings. The Kier molecular flexibility index (Phi) is 12.4. The van der Waals surface area contributed by atoms with Crippen LogP contribution < -0.4 is 10.6 Å². The molecule has 1 atom stereocenters. The lowest BCUT2D eigenvalue weighted by molar-refractivity contribution is -0.135. The van der Waals surface area contributed by atoms with Gasteiger partial charge in [0.05, 0.1) is 6.10 Å². The topological polar surface area (TPSA) is 75.2 Å². The predicted molar refractivity (Wildman–Crippen MR) is 130 cm³/mol. The van der Waals surface area contributed by atoms with Gasteiger partial charge in [-0.15, -0.1) is 24.0 Å². The van der Waals surface area contributed by atoms with Crippen LogP contribution in [0.2, 0.25) is 0 Å². The molecule has 3 rings (SSSR count). The maximum atomic E-state index is 12.8. The summed E-state index contributed by atoms with van der Waals surface area (Å²) >= 11 is 0. The van der Waals surface area contributed by atoms with Gasteiger partial charge in [-0.25, -0.2) is 0 Å². The maximum absolute atomic E-state index is 12.8. The highest BCUT2D eigenvalue weighted by Gasteiger charge is 2.31. The number of guanidine groups is 1. The predicted octanol–water partition coefficient (Wildman–Crippen LogP) is 2.93. The molecule has 2 saturated heterocycles. The molecule has 1 aliphatic carbocycles. The van der Waals surface area contributed by atoms with E-state index in [-0.39, 0.29) is 29.9 Å². The molecule has 2 heterocycles. The Morgan fingerprint density at radius 1 is 1.13 bits per heavy atom. The zero-order chi connectivity index (χ0) is 20.3. The molecular weight excluding hydrogens is 495 g/mol. The van der Waals surface area contributed by atoms with Gasteiger partial charge in [0.1, 0.15) is 0 Å². The van der Waals surface area contributed by atoms with Crippen molar-refractivity contribution in [2.24, 2.45) is 10.9 Å². The van der Waals surface area contributed by atoms with Gasteiger partial charge < -0.3 is 25.0 Å². The summed E-state index contributed by atoms with van der Waals surface area (Å²) in [6.45, 7) is 7.72. The average Bonchev–Trinajstić information content (AvgIpc) is 3.23. The number of carbonyl (C=O) groups excluding carboxylic acids is 1. The Labute approximate surface area is 199 Å². The van der Waals surface area contributed by atoms with Crippen molar-refractivity contribution in [2.45, 2.75) is 76.9 Å². The molecule has 3 fully saturated rings. The highest BCUT2D eigenvalue weighted by molar-refractivity contribution is 14.0. The Hall–Kier alpha value is -0.610. The Balaban J connectivity index is 0.00000320. The molecule has 7 nitrogen and oxygen atoms in total. The third kappa shape index (κ3) is 8.49. The molecule has 0 spiro atoms. The van der Waals surface area contributed by atoms with Crippen molar-refractivity contribution < 1.29 is 14.3 Å². The summed E-state index contributed by atoms with van der Waals surface area (Å²) in [7, 11) is 0. The van der Waals surface area contributed by atoms with E-state index in [2.05, 4.69) is 22.5 Å². The number of nitrogens with one attached hydrogen (secondary N) is 2. The third-order valence-electron chi connectivity index (χ3n) is 6.23. The van der Waals surface area contributed by atoms with Crippen LogP contribution in [-0.2, 0) is 14.3 Å². The summed E-state index contributed by atoms with van der Waals surface area (Å²) < 4.78 is 11.3. The minimum absolute atomic E-state index is 0. The van der Waals surface area contributed by atoms with Crippen molar-refractivity contribution in [1.29, 1.82) is 0 Å². The average molecular weight is 536 g/mol. The summed E-state index contributed by atoms with van der Waals surface area (Å²) in [5.41, 5.74) is 0. The number of ether oxygens (including phenoxy) is 2. The molecule has 1 saturated carbocycles. The van der Waals surface area contributed by atoms with Crippen LogP contribution in [0.5, 0.6) is 0 Å². The molecule has 3 aliphatic rings. The van der Waals surface area contributed by atoms with Crippen LogP contribution in [0.15, 0.2) is 4.99 Å². The lowest BCUT2D eigenvalue weighted by Gasteiger charge is -2.26. The summed E-state index contributed by atoms with van der Waals surface area (Å²) in [4.78, 5) is 19.5. The highest BCUT2D eigenvalue weighted by atomic mass is 127. The number of likely N-dealkylation sites (tertiary alicyclic amines) is 1. The second-order valence-corrected chi connectivity index (χ2v) is 8.55. The molecule has 0 radical (unpaired) electrons. The first-order chi connectivity index (χ1) is 14.3. The van der Waals surface area contributed by atoms with Crippen LogP contribution in [0, 0.1) is 5.92 Å². The molecule has 0 aromatic carbocycles. The second-order valence-electron chi connectivity index (χ2n) is 8.55. The summed E-state index contributed by atoms with van der Waals surface area (Å²) in [5, 5.41) is 6.87. The van der Waals surface area contributed by atoms with E-state index in [4.69, 9.17) is 14.5 Å². The van der Waals surface area contributed by atoms with Gasteiger partial charge in [0.15, 0.2) is 5.96 Å². The fourth-order valence-electron chi connectivity index (χ4n) is 4.55. The van der Waals surface area contributed by atoms with E-state index in [1.807, 2.05) is 0 Å². The van der Waals surface area contributed by atoms with Crippen LogP contribution >= 0.6 is 24.0 Å². The van der Waals surface area contributed by atoms with E-state index in [0.29, 0.717) is 18.1 Å². The van der Waals surface area contributed by atoms with Gasteiger partial charge in [-0.2, -0.15) is 0 Å². The van der Waals surface area contributed by atoms with E-state index in [9.17, 15) is 4.79 Å². The monoisotopic (exact) mass is 536 g/mol. The van der Waals surface area contributed by atoms with Gasteiger partial charge in [0.25, 0.3) is 0 Å². The van der Waals surface area contributed by atoms with Crippen LogP contribution in [0.4, 0.5) is 0 Å². The molecule has 30 heavy (non-hydrogen) atoms. The van der Waals surface area contributed by atoms with Crippen LogP contribution in [-0.4, -0.2) is 74.9 Å². The van der Waals surface area contributed by atoms with Gasteiger partial charge in [0.2, 0.25) is 5.91 Å². The maximum Gasteiger partial charge on any atom is 0.225 e. The van der Waals surface area contributed by atoms with Gasteiger partial charge >= 0.3 is 0 Å². The number of halogens is 1. The largest absolute Gasteiger partial charge is 0.381 e. The Morgan fingerprint density at radius 3 is 2.63 bits per heavy atom. The van der Waals surface area contributed by atoms with Gasteiger partial charge in [-0.05, 0) is 45.4 Å². The number of hydrogen-bond acceptors (Lipinski definition) is 4. The number of carbonyl (C=O) groups is 1. The normalized spacial score (nSPS) is 23.8. The minimum Gasteiger partial charge on any atom is -0.381 e. The van der Waals surface area contributed by atoms with Crippen LogP contribution in [0.1, 0.15) is 64.7 Å². The standard InChI is InChI=1S/C22H40N4O3.HI/c1-2-23-22(24-12-6-14-29-20-10-15-28-16-11-20)25-19-9-13-26(17-19)21(27)18-7-4-3-5-8-18;/h18-20H,2-17H2,1H3,(H2,23,24,25);1H. The highest BCUT2D eigenvalue weighted by Crippen LogP contribution is 2.26. The van der Waals surface area contributed by atoms with Gasteiger partial charge in [-0.1, -0.05) is 19.3 Å². The number of rotatable bonds is 8. The van der Waals surface area contributed by atoms with E-state index in [0.717, 1.165) is 90.5 Å². The first-order valence-electron chi connectivity index (χ1n) is 11.8. The number of aliphatic imine (C=N–C) groups is 1. The molecule has 0 bridgehead atoms. The first-order valence-corrected chi connectivity index (χ1v) is 11.8. The molecule has 174 valence electrons. The molecule has 0 aromatic heterocycles. The first kappa shape index (κ1) is 25.6. The van der Waals surface area contributed by atoms with Crippen molar-refractivity contribution in [3.05, 3.63) is 0 Å². The van der Waals surface area contributed by atoms with Gasteiger partial charge in [0, 0.05) is 58.0 Å². The van der Waals surface area contributed by atoms with E-state index >= 15 is 0 Å². The Morgan fingerprint density at radius 2 is 1.90 bits per heavy atom. The van der Waals surface area contributed by atoms with Crippen molar-refractivity contribution in [2.75, 3.05) is 46.0 Å². The minimum atomic E-state index is 0. The SMILES string of the molecule is CCNC(=NCCCOC1CCOCC1)NC1CCN(C(=O)C2CCCCC2)C1.I. The second kappa shape index (κ2) is 14.5. The van der Waals surface area contributed by atoms with E-state index < -0.39 is 0 Å². The van der Waals surface area contributed by atoms with Gasteiger partial charge in [-0.3, -0.25) is 9.79 Å². The zero-order valence-corrected chi connectivity index (χ0v) is 20.9. The van der Waals surface area contributed by atoms with Crippen molar-refractivity contribution in [3.8, 4) is 0 Å². The molecule has 2 N–H and O–H groups in total. The third-order valence-corrected chi connectivity index (χ3v) is 6.23. The fraction of sp³-hybridized carbons (Fsp3) is 0.909. The molecule has 1 amide bonds. The summed E-state index contributed by atoms with van der Waals surface area (Å²) in [6, 6.07) is 0.291. The molecule has 1 unspecified atom stereocenters. The lowest BCUT2D eigenvalue weighted by Crippen LogP contribution is -2.45. The van der Waals surface area contributed by atoms with E-state index in [1.165, 1.54) is 19.3 Å². The fourth-order valence-corrected chi connectivity index (χ4v) is 4.55. The quantitative estimate of drug-likeness (QED) is 0.216. The smallest absolute Gasteiger partial charge is 0.225 e.